The zero-order chi connectivity index (χ0) is 13.1. The molecule has 0 amide bonds. The second kappa shape index (κ2) is 5.81. The van der Waals surface area contributed by atoms with E-state index in [0.29, 0.717) is 39.6 Å². The first-order valence-electron chi connectivity index (χ1n) is 6.59. The first-order valence-corrected chi connectivity index (χ1v) is 6.59. The summed E-state index contributed by atoms with van der Waals surface area (Å²) in [7, 11) is 0. The first-order chi connectivity index (χ1) is 8.64. The molecule has 0 spiro atoms. The fourth-order valence-corrected chi connectivity index (χ4v) is 2.03. The van der Waals surface area contributed by atoms with Crippen LogP contribution in [0.4, 0.5) is 0 Å². The van der Waals surface area contributed by atoms with Crippen LogP contribution < -0.4 is 5.39 Å². The van der Waals surface area contributed by atoms with Gasteiger partial charge in [-0.2, -0.15) is 9.68 Å². The molecule has 2 rings (SSSR count). The minimum absolute atomic E-state index is 0.0149. The van der Waals surface area contributed by atoms with Gasteiger partial charge in [-0.25, -0.2) is 0 Å². The Kier molecular flexibility index (Phi) is 4.58. The van der Waals surface area contributed by atoms with Crippen molar-refractivity contribution in [3.8, 4) is 0 Å². The molecule has 0 radical (unpaired) electrons. The summed E-state index contributed by atoms with van der Waals surface area (Å²) in [5.74, 6) is 0. The molecule has 6 nitrogen and oxygen atoms in total. The molecule has 0 aromatic heterocycles. The van der Waals surface area contributed by atoms with Crippen molar-refractivity contribution >= 4 is 0 Å². The third-order valence-electron chi connectivity index (χ3n) is 4.13. The third kappa shape index (κ3) is 3.01. The van der Waals surface area contributed by atoms with Crippen molar-refractivity contribution in [3.05, 3.63) is 5.21 Å². The maximum Gasteiger partial charge on any atom is 0.121 e. The van der Waals surface area contributed by atoms with Gasteiger partial charge in [0.1, 0.15) is 13.2 Å². The summed E-state index contributed by atoms with van der Waals surface area (Å²) in [4.78, 5) is 10.3. The second-order valence-corrected chi connectivity index (χ2v) is 5.52. The molecule has 0 aromatic carbocycles. The molecule has 2 aliphatic heterocycles. The van der Waals surface area contributed by atoms with E-state index >= 15 is 0 Å². The van der Waals surface area contributed by atoms with Gasteiger partial charge in [0.2, 0.25) is 0 Å². The summed E-state index contributed by atoms with van der Waals surface area (Å²) < 4.78 is 10.3. The van der Waals surface area contributed by atoms with E-state index in [2.05, 4.69) is 13.8 Å². The van der Waals surface area contributed by atoms with E-state index in [-0.39, 0.29) is 10.8 Å². The van der Waals surface area contributed by atoms with E-state index in [0.717, 1.165) is 12.8 Å². The smallest absolute Gasteiger partial charge is 0.121 e. The molecule has 0 bridgehead atoms. The molecular weight excluding hydrogens is 238 g/mol. The van der Waals surface area contributed by atoms with Crippen LogP contribution in [0.15, 0.2) is 0 Å². The average molecular weight is 261 g/mol. The molecule has 0 unspecified atom stereocenters. The third-order valence-corrected chi connectivity index (χ3v) is 4.13. The van der Waals surface area contributed by atoms with Gasteiger partial charge in [-0.3, -0.25) is 0 Å². The van der Waals surface area contributed by atoms with Crippen LogP contribution in [-0.4, -0.2) is 39.6 Å². The Balaban J connectivity index is 1.64. The van der Waals surface area contributed by atoms with Crippen molar-refractivity contribution in [1.82, 2.24) is 0 Å². The van der Waals surface area contributed by atoms with E-state index in [9.17, 15) is 5.21 Å². The predicted molar refractivity (Wildman–Crippen MR) is 63.3 cm³/mol. The van der Waals surface area contributed by atoms with Gasteiger partial charge in [-0.05, 0) is 12.8 Å². The van der Waals surface area contributed by atoms with E-state index in [1.165, 1.54) is 0 Å². The standard InChI is InChI=1S/C12H23NO5/c1-3-11(5-15-6-11)9-17-13(14)18-10-12(4-2)7-16-8-12/h13H,3-10H2,1-2H3. The summed E-state index contributed by atoms with van der Waals surface area (Å²) in [5.41, 5.74) is 0.0298. The van der Waals surface area contributed by atoms with Gasteiger partial charge < -0.3 is 14.7 Å². The SMILES string of the molecule is CCC1(CO[NH+]([O-])OCC2(CC)COC2)COC1. The summed E-state index contributed by atoms with van der Waals surface area (Å²) in [6, 6.07) is 0. The summed E-state index contributed by atoms with van der Waals surface area (Å²) >= 11 is 0. The monoisotopic (exact) mass is 261 g/mol. The molecule has 0 atom stereocenters. The highest BCUT2D eigenvalue weighted by Crippen LogP contribution is 2.31. The molecule has 2 fully saturated rings. The van der Waals surface area contributed by atoms with Crippen LogP contribution in [0.25, 0.3) is 0 Å². The van der Waals surface area contributed by atoms with Crippen LogP contribution in [0.1, 0.15) is 26.7 Å². The Morgan fingerprint density at radius 3 is 1.56 bits per heavy atom. The molecule has 0 aromatic rings. The topological polar surface area (TPSA) is 64.4 Å². The van der Waals surface area contributed by atoms with Gasteiger partial charge in [-0.15, -0.1) is 0 Å². The summed E-state index contributed by atoms with van der Waals surface area (Å²) in [6.45, 7) is 7.61. The average Bonchev–Trinajstić information content (AvgIpc) is 2.27. The van der Waals surface area contributed by atoms with Gasteiger partial charge in [0.25, 0.3) is 0 Å². The summed E-state index contributed by atoms with van der Waals surface area (Å²) in [5, 5.41) is 10.9. The molecule has 1 N–H and O–H groups in total. The molecule has 2 heterocycles. The highest BCUT2D eigenvalue weighted by Gasteiger charge is 2.40. The largest absolute Gasteiger partial charge is 0.566 e. The summed E-state index contributed by atoms with van der Waals surface area (Å²) in [6.07, 6.45) is 1.90. The van der Waals surface area contributed by atoms with Crippen molar-refractivity contribution in [3.63, 3.8) is 0 Å². The van der Waals surface area contributed by atoms with Crippen LogP contribution in [-0.2, 0) is 19.1 Å². The van der Waals surface area contributed by atoms with E-state index < -0.39 is 5.39 Å². The molecule has 0 saturated carbocycles. The van der Waals surface area contributed by atoms with Crippen molar-refractivity contribution < 1.29 is 24.5 Å². The van der Waals surface area contributed by atoms with Crippen molar-refractivity contribution in [2.75, 3.05) is 39.6 Å². The highest BCUT2D eigenvalue weighted by atomic mass is 17.1. The normalized spacial score (nSPS) is 24.7. The zero-order valence-electron chi connectivity index (χ0n) is 11.2. The molecular formula is C12H23NO5. The Bertz CT molecular complexity index is 228. The van der Waals surface area contributed by atoms with Crippen LogP contribution in [0.5, 0.6) is 0 Å². The quantitative estimate of drug-likeness (QED) is 0.627. The molecule has 2 aliphatic rings. The van der Waals surface area contributed by atoms with Crippen molar-refractivity contribution in [1.29, 1.82) is 0 Å². The Morgan fingerprint density at radius 2 is 1.33 bits per heavy atom. The maximum absolute atomic E-state index is 11.5. The molecule has 106 valence electrons. The lowest BCUT2D eigenvalue weighted by molar-refractivity contribution is -1.21. The first kappa shape index (κ1) is 14.2. The number of hydrogen-bond acceptors (Lipinski definition) is 5. The Labute approximate surface area is 108 Å². The molecule has 18 heavy (non-hydrogen) atoms. The van der Waals surface area contributed by atoms with Gasteiger partial charge >= 0.3 is 0 Å². The fourth-order valence-electron chi connectivity index (χ4n) is 2.03. The molecule has 2 saturated heterocycles. The fraction of sp³-hybridized carbons (Fsp3) is 1.00. The Morgan fingerprint density at radius 1 is 0.944 bits per heavy atom. The van der Waals surface area contributed by atoms with Gasteiger partial charge in [-0.1, -0.05) is 19.2 Å². The van der Waals surface area contributed by atoms with Gasteiger partial charge in [0, 0.05) is 10.8 Å². The minimum Gasteiger partial charge on any atom is -0.566 e. The van der Waals surface area contributed by atoms with Gasteiger partial charge in [0.15, 0.2) is 0 Å². The van der Waals surface area contributed by atoms with Crippen molar-refractivity contribution in [2.45, 2.75) is 26.7 Å². The lowest BCUT2D eigenvalue weighted by Crippen LogP contribution is -3.06. The van der Waals surface area contributed by atoms with E-state index in [1.807, 2.05) is 0 Å². The van der Waals surface area contributed by atoms with Gasteiger partial charge in [0.05, 0.1) is 26.4 Å². The molecule has 6 heteroatoms. The number of rotatable bonds is 8. The van der Waals surface area contributed by atoms with Crippen LogP contribution >= 0.6 is 0 Å². The van der Waals surface area contributed by atoms with Crippen LogP contribution in [0.3, 0.4) is 0 Å². The number of hydrogen-bond donors (Lipinski definition) is 1. The predicted octanol–water partition coefficient (Wildman–Crippen LogP) is 0.0855. The molecule has 0 aliphatic carbocycles. The number of nitrogens with one attached hydrogen (secondary N) is 1. The van der Waals surface area contributed by atoms with Crippen LogP contribution in [0.2, 0.25) is 0 Å². The second-order valence-electron chi connectivity index (χ2n) is 5.52. The van der Waals surface area contributed by atoms with Crippen LogP contribution in [0, 0.1) is 16.0 Å². The maximum atomic E-state index is 11.5. The van der Waals surface area contributed by atoms with E-state index in [4.69, 9.17) is 19.1 Å². The highest BCUT2D eigenvalue weighted by molar-refractivity contribution is 4.84. The Hall–Kier alpha value is -0.240. The lowest BCUT2D eigenvalue weighted by Gasteiger charge is -2.41. The number of quaternary nitrogens is 1. The van der Waals surface area contributed by atoms with E-state index in [1.54, 1.807) is 0 Å². The zero-order valence-corrected chi connectivity index (χ0v) is 11.2. The van der Waals surface area contributed by atoms with Crippen molar-refractivity contribution in [2.24, 2.45) is 10.8 Å². The lowest BCUT2D eigenvalue weighted by atomic mass is 9.84. The number of ether oxygens (including phenoxy) is 2. The minimum atomic E-state index is -0.575.